The first-order chi connectivity index (χ1) is 15.1. The first-order valence-electron chi connectivity index (χ1n) is 9.49. The molecule has 0 spiro atoms. The van der Waals surface area contributed by atoms with Gasteiger partial charge < -0.3 is 9.26 Å². The molecule has 4 nitrogen and oxygen atoms in total. The van der Waals surface area contributed by atoms with Gasteiger partial charge in [-0.15, -0.1) is 0 Å². The lowest BCUT2D eigenvalue weighted by atomic mass is 10.1. The fraction of sp³-hybridized carbons (Fsp3) is 0.0400. The Morgan fingerprint density at radius 1 is 0.935 bits per heavy atom. The fourth-order valence-electron chi connectivity index (χ4n) is 2.92. The van der Waals surface area contributed by atoms with E-state index >= 15 is 0 Å². The molecule has 6 heteroatoms. The zero-order chi connectivity index (χ0) is 21.6. The number of allylic oxidation sites excluding steroid dienone is 1. The van der Waals surface area contributed by atoms with E-state index in [0.717, 1.165) is 11.1 Å². The van der Waals surface area contributed by atoms with Crippen LogP contribution in [0.5, 0.6) is 5.75 Å². The van der Waals surface area contributed by atoms with Crippen molar-refractivity contribution in [1.29, 1.82) is 0 Å². The van der Waals surface area contributed by atoms with Crippen LogP contribution in [0.25, 0.3) is 17.3 Å². The molecule has 0 amide bonds. The van der Waals surface area contributed by atoms with Crippen LogP contribution in [0, 0.1) is 0 Å². The summed E-state index contributed by atoms with van der Waals surface area (Å²) >= 11 is 12.1. The number of halogens is 2. The molecule has 0 unspecified atom stereocenters. The molecule has 0 fully saturated rings. The Morgan fingerprint density at radius 3 is 2.35 bits per heavy atom. The summed E-state index contributed by atoms with van der Waals surface area (Å²) in [7, 11) is 0. The number of rotatable bonds is 7. The first kappa shape index (κ1) is 20.9. The molecule has 0 saturated carbocycles. The van der Waals surface area contributed by atoms with E-state index in [-0.39, 0.29) is 12.4 Å². The number of ether oxygens (including phenoxy) is 1. The van der Waals surface area contributed by atoms with E-state index in [4.69, 9.17) is 32.5 Å². The summed E-state index contributed by atoms with van der Waals surface area (Å²) in [6, 6.07) is 23.6. The van der Waals surface area contributed by atoms with Gasteiger partial charge in [0.2, 0.25) is 0 Å². The van der Waals surface area contributed by atoms with Gasteiger partial charge in [-0.2, -0.15) is 0 Å². The van der Waals surface area contributed by atoms with Gasteiger partial charge in [0.05, 0.1) is 0 Å². The molecule has 0 N–H and O–H groups in total. The second-order valence-electron chi connectivity index (χ2n) is 6.76. The third-order valence-electron chi connectivity index (χ3n) is 4.46. The van der Waals surface area contributed by atoms with Crippen LogP contribution in [-0.4, -0.2) is 10.9 Å². The molecule has 4 rings (SSSR count). The number of benzene rings is 3. The van der Waals surface area contributed by atoms with E-state index in [1.54, 1.807) is 60.7 Å². The van der Waals surface area contributed by atoms with Crippen molar-refractivity contribution in [3.8, 4) is 17.0 Å². The van der Waals surface area contributed by atoms with E-state index in [0.29, 0.717) is 32.8 Å². The predicted molar refractivity (Wildman–Crippen MR) is 123 cm³/mol. The fourth-order valence-corrected chi connectivity index (χ4v) is 3.45. The molecule has 0 aliphatic rings. The lowest BCUT2D eigenvalue weighted by molar-refractivity contribution is 0.104. The van der Waals surface area contributed by atoms with E-state index in [1.807, 2.05) is 30.3 Å². The third-order valence-corrected chi connectivity index (χ3v) is 4.90. The molecule has 0 aliphatic carbocycles. The summed E-state index contributed by atoms with van der Waals surface area (Å²) in [5.41, 5.74) is 2.94. The number of carbonyl (C=O) groups excluding carboxylic acids is 1. The summed E-state index contributed by atoms with van der Waals surface area (Å²) in [6.07, 6.45) is 3.35. The minimum atomic E-state index is -0.0736. The monoisotopic (exact) mass is 449 g/mol. The Bertz CT molecular complexity index is 1200. The second-order valence-corrected chi connectivity index (χ2v) is 7.63. The summed E-state index contributed by atoms with van der Waals surface area (Å²) in [5, 5.41) is 5.09. The van der Waals surface area contributed by atoms with Crippen LogP contribution in [0.4, 0.5) is 0 Å². The maximum atomic E-state index is 12.3. The van der Waals surface area contributed by atoms with Gasteiger partial charge in [0.15, 0.2) is 11.5 Å². The van der Waals surface area contributed by atoms with Gasteiger partial charge in [-0.3, -0.25) is 4.79 Å². The van der Waals surface area contributed by atoms with Crippen molar-refractivity contribution in [3.63, 3.8) is 0 Å². The summed E-state index contributed by atoms with van der Waals surface area (Å²) in [6.45, 7) is 0.197. The van der Waals surface area contributed by atoms with Crippen LogP contribution in [0.1, 0.15) is 21.7 Å². The summed E-state index contributed by atoms with van der Waals surface area (Å²) in [4.78, 5) is 12.3. The zero-order valence-electron chi connectivity index (χ0n) is 16.3. The van der Waals surface area contributed by atoms with Crippen LogP contribution in [-0.2, 0) is 6.61 Å². The van der Waals surface area contributed by atoms with Crippen molar-refractivity contribution in [2.45, 2.75) is 6.61 Å². The van der Waals surface area contributed by atoms with Crippen LogP contribution in [0.2, 0.25) is 10.0 Å². The highest BCUT2D eigenvalue weighted by molar-refractivity contribution is 6.35. The molecule has 4 aromatic rings. The molecule has 1 aromatic heterocycles. The van der Waals surface area contributed by atoms with Crippen molar-refractivity contribution in [2.75, 3.05) is 0 Å². The van der Waals surface area contributed by atoms with E-state index < -0.39 is 0 Å². The highest BCUT2D eigenvalue weighted by Crippen LogP contribution is 2.27. The maximum Gasteiger partial charge on any atom is 0.185 e. The molecule has 0 bridgehead atoms. The van der Waals surface area contributed by atoms with Crippen molar-refractivity contribution in [1.82, 2.24) is 5.16 Å². The van der Waals surface area contributed by atoms with Crippen molar-refractivity contribution in [2.24, 2.45) is 0 Å². The van der Waals surface area contributed by atoms with Crippen molar-refractivity contribution >= 4 is 35.1 Å². The van der Waals surface area contributed by atoms with E-state index in [9.17, 15) is 4.79 Å². The van der Waals surface area contributed by atoms with Gasteiger partial charge in [0.25, 0.3) is 0 Å². The van der Waals surface area contributed by atoms with E-state index in [2.05, 4.69) is 5.16 Å². The lowest BCUT2D eigenvalue weighted by Gasteiger charge is -2.04. The van der Waals surface area contributed by atoms with Gasteiger partial charge in [-0.25, -0.2) is 0 Å². The molecule has 0 aliphatic heterocycles. The van der Waals surface area contributed by atoms with Gasteiger partial charge in [-0.1, -0.05) is 64.8 Å². The highest BCUT2D eigenvalue weighted by Gasteiger charge is 2.09. The topological polar surface area (TPSA) is 52.3 Å². The standard InChI is InChI=1S/C25H17Cl2NO3/c26-20-12-19(13-21(27)14-20)24-15-23(31-28-24)16-30-22-9-7-18(8-10-22)25(29)11-6-17-4-2-1-3-5-17/h1-15H,16H2/b11-6+. The van der Waals surface area contributed by atoms with Gasteiger partial charge >= 0.3 is 0 Å². The number of nitrogens with zero attached hydrogens (tertiary/aromatic N) is 1. The average Bonchev–Trinajstić information content (AvgIpc) is 3.26. The Hall–Kier alpha value is -3.34. The van der Waals surface area contributed by atoms with Crippen molar-refractivity contribution < 1.29 is 14.1 Å². The Kier molecular flexibility index (Phi) is 6.51. The predicted octanol–water partition coefficient (Wildman–Crippen LogP) is 7.12. The normalized spacial score (nSPS) is 11.0. The SMILES string of the molecule is O=C(/C=C/c1ccccc1)c1ccc(OCc2cc(-c3cc(Cl)cc(Cl)c3)no2)cc1. The van der Waals surface area contributed by atoms with Crippen LogP contribution in [0.3, 0.4) is 0 Å². The minimum Gasteiger partial charge on any atom is -0.486 e. The molecule has 0 atom stereocenters. The van der Waals surface area contributed by atoms with Crippen LogP contribution < -0.4 is 4.74 Å². The average molecular weight is 450 g/mol. The molecular formula is C25H17Cl2NO3. The minimum absolute atomic E-state index is 0.0736. The number of ketones is 1. The first-order valence-corrected chi connectivity index (χ1v) is 10.2. The molecule has 1 heterocycles. The number of carbonyl (C=O) groups is 1. The maximum absolute atomic E-state index is 12.3. The number of aromatic nitrogens is 1. The van der Waals surface area contributed by atoms with Crippen LogP contribution in [0.15, 0.2) is 89.5 Å². The van der Waals surface area contributed by atoms with E-state index in [1.165, 1.54) is 0 Å². The molecule has 154 valence electrons. The Balaban J connectivity index is 1.36. The molecule has 0 radical (unpaired) electrons. The Labute approximate surface area is 189 Å². The van der Waals surface area contributed by atoms with Gasteiger partial charge in [0, 0.05) is 27.2 Å². The molecular weight excluding hydrogens is 433 g/mol. The number of hydrogen-bond acceptors (Lipinski definition) is 4. The zero-order valence-corrected chi connectivity index (χ0v) is 17.8. The molecule has 3 aromatic carbocycles. The number of hydrogen-bond donors (Lipinski definition) is 0. The highest BCUT2D eigenvalue weighted by atomic mass is 35.5. The quantitative estimate of drug-likeness (QED) is 0.222. The third kappa shape index (κ3) is 5.63. The largest absolute Gasteiger partial charge is 0.486 e. The second kappa shape index (κ2) is 9.65. The lowest BCUT2D eigenvalue weighted by Crippen LogP contribution is -1.96. The molecule has 0 saturated heterocycles. The summed E-state index contributed by atoms with van der Waals surface area (Å²) < 4.78 is 11.1. The Morgan fingerprint density at radius 2 is 1.65 bits per heavy atom. The van der Waals surface area contributed by atoms with Gasteiger partial charge in [0.1, 0.15) is 18.1 Å². The van der Waals surface area contributed by atoms with Crippen LogP contribution >= 0.6 is 23.2 Å². The van der Waals surface area contributed by atoms with Gasteiger partial charge in [-0.05, 0) is 54.1 Å². The molecule has 31 heavy (non-hydrogen) atoms. The summed E-state index contributed by atoms with van der Waals surface area (Å²) in [5.74, 6) is 1.10. The smallest absolute Gasteiger partial charge is 0.185 e. The van der Waals surface area contributed by atoms with Crippen molar-refractivity contribution in [3.05, 3.63) is 112 Å².